The molecule has 0 unspecified atom stereocenters. The highest BCUT2D eigenvalue weighted by Gasteiger charge is 2.31. The summed E-state index contributed by atoms with van der Waals surface area (Å²) in [5.74, 6) is 1.36. The van der Waals surface area contributed by atoms with Gasteiger partial charge in [-0.1, -0.05) is 6.08 Å². The Morgan fingerprint density at radius 1 is 1.19 bits per heavy atom. The molecule has 1 aromatic heterocycles. The Morgan fingerprint density at radius 2 is 2.00 bits per heavy atom. The van der Waals surface area contributed by atoms with Gasteiger partial charge in [0.2, 0.25) is 0 Å². The molecule has 4 N–H and O–H groups in total. The number of nitrogen functional groups attached to an aromatic ring is 1. The predicted molar refractivity (Wildman–Crippen MR) is 117 cm³/mol. The van der Waals surface area contributed by atoms with Gasteiger partial charge < -0.3 is 21.3 Å². The van der Waals surface area contributed by atoms with Gasteiger partial charge in [-0.2, -0.15) is 13.2 Å². The number of nitrogens with one attached hydrogen (secondary N) is 2. The van der Waals surface area contributed by atoms with Crippen molar-refractivity contribution >= 4 is 23.4 Å². The van der Waals surface area contributed by atoms with Crippen LogP contribution in [0, 0.1) is 0 Å². The number of aromatic nitrogens is 2. The zero-order chi connectivity index (χ0) is 22.2. The average Bonchev–Trinajstić information content (AvgIpc) is 2.73. The average molecular weight is 430 g/mol. The van der Waals surface area contributed by atoms with Crippen LogP contribution in [0.1, 0.15) is 36.1 Å². The largest absolute Gasteiger partial charge is 0.416 e. The van der Waals surface area contributed by atoms with Gasteiger partial charge in [-0.15, -0.1) is 0 Å². The molecule has 1 aromatic carbocycles. The van der Waals surface area contributed by atoms with Crippen LogP contribution < -0.4 is 21.3 Å². The number of alkyl halides is 3. The van der Waals surface area contributed by atoms with E-state index in [4.69, 9.17) is 5.73 Å². The molecule has 2 aromatic rings. The lowest BCUT2D eigenvalue weighted by Crippen LogP contribution is -2.29. The Morgan fingerprint density at radius 3 is 2.71 bits per heavy atom. The number of anilines is 3. The highest BCUT2D eigenvalue weighted by Crippen LogP contribution is 2.36. The lowest BCUT2D eigenvalue weighted by molar-refractivity contribution is -0.137. The van der Waals surface area contributed by atoms with Crippen molar-refractivity contribution in [1.29, 1.82) is 0 Å². The Labute approximate surface area is 179 Å². The maximum atomic E-state index is 13.2. The van der Waals surface area contributed by atoms with Crippen molar-refractivity contribution in [1.82, 2.24) is 15.3 Å². The van der Waals surface area contributed by atoms with Crippen molar-refractivity contribution in [3.05, 3.63) is 58.4 Å². The lowest BCUT2D eigenvalue weighted by atomic mass is 9.95. The second-order valence-corrected chi connectivity index (χ2v) is 7.92. The topological polar surface area (TPSA) is 79.1 Å². The summed E-state index contributed by atoms with van der Waals surface area (Å²) in [5.41, 5.74) is 8.81. The number of hydrogen-bond acceptors (Lipinski definition) is 6. The number of nitrogens with two attached hydrogens (primary N) is 1. The normalized spacial score (nSPS) is 17.5. The molecular formula is C22H25F3N6. The molecule has 0 bridgehead atoms. The molecule has 0 saturated heterocycles. The Kier molecular flexibility index (Phi) is 5.62. The van der Waals surface area contributed by atoms with Crippen LogP contribution in [0.25, 0.3) is 6.08 Å². The van der Waals surface area contributed by atoms with Gasteiger partial charge in [0.1, 0.15) is 18.0 Å². The van der Waals surface area contributed by atoms with Gasteiger partial charge in [-0.05, 0) is 60.9 Å². The fourth-order valence-electron chi connectivity index (χ4n) is 3.98. The second-order valence-electron chi connectivity index (χ2n) is 7.92. The molecule has 0 fully saturated rings. The van der Waals surface area contributed by atoms with Crippen LogP contribution in [0.15, 0.2) is 41.7 Å². The SMILES string of the molecule is C[C@@H](Nc1ncnc2c1C=C(C1=CCNCC1)CN2C)c1cc(N)cc(C(F)(F)F)c1. The van der Waals surface area contributed by atoms with Crippen molar-refractivity contribution in [3.8, 4) is 0 Å². The number of halogens is 3. The monoisotopic (exact) mass is 430 g/mol. The van der Waals surface area contributed by atoms with Crippen LogP contribution in [0.2, 0.25) is 0 Å². The maximum absolute atomic E-state index is 13.2. The Bertz CT molecular complexity index is 1040. The molecule has 2 aliphatic rings. The van der Waals surface area contributed by atoms with Crippen LogP contribution >= 0.6 is 0 Å². The van der Waals surface area contributed by atoms with Gasteiger partial charge in [-0.3, -0.25) is 0 Å². The number of benzene rings is 1. The summed E-state index contributed by atoms with van der Waals surface area (Å²) >= 11 is 0. The van der Waals surface area contributed by atoms with Gasteiger partial charge in [0.15, 0.2) is 0 Å². The summed E-state index contributed by atoms with van der Waals surface area (Å²) in [6, 6.07) is 3.17. The van der Waals surface area contributed by atoms with E-state index in [1.54, 1.807) is 13.0 Å². The van der Waals surface area contributed by atoms with Crippen LogP contribution in [-0.2, 0) is 6.18 Å². The van der Waals surface area contributed by atoms with E-state index in [1.165, 1.54) is 17.5 Å². The number of rotatable bonds is 4. The lowest BCUT2D eigenvalue weighted by Gasteiger charge is -2.30. The molecular weight excluding hydrogens is 405 g/mol. The molecule has 3 heterocycles. The smallest absolute Gasteiger partial charge is 0.399 e. The molecule has 164 valence electrons. The fraction of sp³-hybridized carbons (Fsp3) is 0.364. The highest BCUT2D eigenvalue weighted by molar-refractivity contribution is 5.80. The summed E-state index contributed by atoms with van der Waals surface area (Å²) in [6.07, 6.45) is 2.24. The van der Waals surface area contributed by atoms with E-state index in [9.17, 15) is 13.2 Å². The molecule has 2 aliphatic heterocycles. The summed E-state index contributed by atoms with van der Waals surface area (Å²) in [5, 5.41) is 6.57. The van der Waals surface area contributed by atoms with Crippen LogP contribution in [0.5, 0.6) is 0 Å². The third kappa shape index (κ3) is 4.51. The first-order chi connectivity index (χ1) is 14.7. The van der Waals surface area contributed by atoms with Crippen LogP contribution in [0.4, 0.5) is 30.5 Å². The molecule has 0 aliphatic carbocycles. The first kappa shape index (κ1) is 21.2. The number of fused-ring (bicyclic) bond motifs is 1. The highest BCUT2D eigenvalue weighted by atomic mass is 19.4. The van der Waals surface area contributed by atoms with Gasteiger partial charge >= 0.3 is 6.18 Å². The minimum absolute atomic E-state index is 0.0722. The van der Waals surface area contributed by atoms with Crippen molar-refractivity contribution in [2.75, 3.05) is 42.6 Å². The van der Waals surface area contributed by atoms with E-state index < -0.39 is 17.8 Å². The van der Waals surface area contributed by atoms with E-state index in [-0.39, 0.29) is 5.69 Å². The number of likely N-dealkylation sites (N-methyl/N-ethyl adjacent to an activating group) is 1. The molecule has 0 amide bonds. The van der Waals surface area contributed by atoms with Gasteiger partial charge in [-0.25, -0.2) is 9.97 Å². The first-order valence-corrected chi connectivity index (χ1v) is 10.1. The zero-order valence-corrected chi connectivity index (χ0v) is 17.4. The molecule has 1 atom stereocenters. The molecule has 4 rings (SSSR count). The molecule has 6 nitrogen and oxygen atoms in total. The molecule has 0 saturated carbocycles. The molecule has 31 heavy (non-hydrogen) atoms. The van der Waals surface area contributed by atoms with Crippen molar-refractivity contribution in [3.63, 3.8) is 0 Å². The summed E-state index contributed by atoms with van der Waals surface area (Å²) < 4.78 is 39.6. The van der Waals surface area contributed by atoms with Crippen molar-refractivity contribution in [2.45, 2.75) is 25.6 Å². The third-order valence-corrected chi connectivity index (χ3v) is 5.59. The number of hydrogen-bond donors (Lipinski definition) is 3. The standard InChI is InChI=1S/C22H25F3N6/c1-13(15-7-17(22(23,24)25)10-18(26)8-15)30-20-19-9-16(14-3-5-27-6-4-14)11-31(2)21(19)29-12-28-20/h3,7-10,12-13,27H,4-6,11,26H2,1-2H3,(H,28,29,30)/t13-/m1/s1. The van der Waals surface area contributed by atoms with Gasteiger partial charge in [0.25, 0.3) is 0 Å². The van der Waals surface area contributed by atoms with E-state index in [1.807, 2.05) is 7.05 Å². The third-order valence-electron chi connectivity index (χ3n) is 5.59. The van der Waals surface area contributed by atoms with Crippen molar-refractivity contribution < 1.29 is 13.2 Å². The van der Waals surface area contributed by atoms with Gasteiger partial charge in [0, 0.05) is 25.8 Å². The summed E-state index contributed by atoms with van der Waals surface area (Å²) in [6.45, 7) is 4.31. The van der Waals surface area contributed by atoms with E-state index in [0.717, 1.165) is 49.6 Å². The first-order valence-electron chi connectivity index (χ1n) is 10.1. The minimum Gasteiger partial charge on any atom is -0.399 e. The maximum Gasteiger partial charge on any atom is 0.416 e. The van der Waals surface area contributed by atoms with Crippen molar-refractivity contribution in [2.24, 2.45) is 0 Å². The Balaban J connectivity index is 1.67. The zero-order valence-electron chi connectivity index (χ0n) is 17.4. The fourth-order valence-corrected chi connectivity index (χ4v) is 3.98. The van der Waals surface area contributed by atoms with E-state index in [0.29, 0.717) is 11.4 Å². The molecule has 0 radical (unpaired) electrons. The second kappa shape index (κ2) is 8.22. The van der Waals surface area contributed by atoms with E-state index in [2.05, 4.69) is 37.7 Å². The quantitative estimate of drug-likeness (QED) is 0.637. The summed E-state index contributed by atoms with van der Waals surface area (Å²) in [7, 11) is 1.97. The van der Waals surface area contributed by atoms with Crippen LogP contribution in [0.3, 0.4) is 0 Å². The van der Waals surface area contributed by atoms with Crippen LogP contribution in [-0.4, -0.2) is 36.6 Å². The molecule has 0 spiro atoms. The predicted octanol–water partition coefficient (Wildman–Crippen LogP) is 4.00. The Hall–Kier alpha value is -3.07. The van der Waals surface area contributed by atoms with E-state index >= 15 is 0 Å². The molecule has 9 heteroatoms. The summed E-state index contributed by atoms with van der Waals surface area (Å²) in [4.78, 5) is 10.9. The van der Waals surface area contributed by atoms with Gasteiger partial charge in [0.05, 0.1) is 17.2 Å². The number of nitrogens with zero attached hydrogens (tertiary/aromatic N) is 3. The minimum atomic E-state index is -4.46.